The Labute approximate surface area is 122 Å². The fourth-order valence-electron chi connectivity index (χ4n) is 2.94. The summed E-state index contributed by atoms with van der Waals surface area (Å²) in [5.41, 5.74) is -0.644. The minimum atomic E-state index is -1.11. The van der Waals surface area contributed by atoms with Crippen LogP contribution in [0.4, 0.5) is 10.1 Å². The molecule has 1 aromatic carbocycles. The van der Waals surface area contributed by atoms with Crippen LogP contribution in [0, 0.1) is 12.4 Å². The molecule has 1 aromatic rings. The lowest BCUT2D eigenvalue weighted by atomic mass is 9.98. The highest BCUT2D eigenvalue weighted by Crippen LogP contribution is 2.41. The number of fused-ring (bicyclic) bond motifs is 1. The Bertz CT molecular complexity index is 640. The molecule has 0 saturated carbocycles. The summed E-state index contributed by atoms with van der Waals surface area (Å²) in [6, 6.07) is 4.16. The third kappa shape index (κ3) is 2.14. The Kier molecular flexibility index (Phi) is 3.10. The van der Waals surface area contributed by atoms with Crippen molar-refractivity contribution in [2.24, 2.45) is 0 Å². The average molecular weight is 289 g/mol. The van der Waals surface area contributed by atoms with E-state index in [4.69, 9.17) is 11.3 Å². The zero-order valence-electron chi connectivity index (χ0n) is 11.9. The first-order chi connectivity index (χ1) is 9.95. The van der Waals surface area contributed by atoms with Crippen molar-refractivity contribution in [1.82, 2.24) is 4.90 Å². The molecule has 6 heteroatoms. The zero-order valence-corrected chi connectivity index (χ0v) is 11.9. The van der Waals surface area contributed by atoms with Crippen LogP contribution in [0.15, 0.2) is 18.2 Å². The van der Waals surface area contributed by atoms with Crippen LogP contribution in [0.25, 0.3) is 4.85 Å². The first-order valence-corrected chi connectivity index (χ1v) is 6.87. The SMILES string of the molecule is [C-]#[N+][C@@H]1C[C@]2(CN1C(C)C)Oc1cc(F)ccc1NC2=O. The lowest BCUT2D eigenvalue weighted by Gasteiger charge is -2.34. The highest BCUT2D eigenvalue weighted by atomic mass is 19.1. The normalized spacial score (nSPS) is 28.1. The molecule has 0 unspecified atom stereocenters. The second-order valence-corrected chi connectivity index (χ2v) is 5.77. The number of halogens is 1. The van der Waals surface area contributed by atoms with E-state index in [0.717, 1.165) is 0 Å². The molecule has 1 amide bonds. The molecule has 2 aliphatic rings. The summed E-state index contributed by atoms with van der Waals surface area (Å²) in [7, 11) is 0. The molecule has 1 fully saturated rings. The summed E-state index contributed by atoms with van der Waals surface area (Å²) in [5.74, 6) is -0.358. The number of hydrogen-bond acceptors (Lipinski definition) is 3. The molecular formula is C15H16FN3O2. The molecule has 0 aliphatic carbocycles. The van der Waals surface area contributed by atoms with Crippen molar-refractivity contribution in [2.45, 2.75) is 38.1 Å². The van der Waals surface area contributed by atoms with E-state index in [0.29, 0.717) is 18.0 Å². The maximum Gasteiger partial charge on any atom is 0.284 e. The molecule has 0 aromatic heterocycles. The third-order valence-corrected chi connectivity index (χ3v) is 4.06. The maximum absolute atomic E-state index is 13.4. The van der Waals surface area contributed by atoms with Crippen LogP contribution in [-0.2, 0) is 4.79 Å². The summed E-state index contributed by atoms with van der Waals surface area (Å²) >= 11 is 0. The number of ether oxygens (including phenoxy) is 1. The lowest BCUT2D eigenvalue weighted by Crippen LogP contribution is -2.53. The average Bonchev–Trinajstić information content (AvgIpc) is 2.81. The van der Waals surface area contributed by atoms with Crippen LogP contribution in [0.5, 0.6) is 5.75 Å². The van der Waals surface area contributed by atoms with Gasteiger partial charge in [-0.05, 0) is 26.0 Å². The van der Waals surface area contributed by atoms with Gasteiger partial charge < -0.3 is 10.1 Å². The molecule has 3 rings (SSSR count). The molecule has 1 saturated heterocycles. The largest absolute Gasteiger partial charge is 0.473 e. The third-order valence-electron chi connectivity index (χ3n) is 4.06. The number of carbonyl (C=O) groups excluding carboxylic acids is 1. The van der Waals surface area contributed by atoms with Gasteiger partial charge in [-0.15, -0.1) is 0 Å². The standard InChI is InChI=1S/C15H16FN3O2/c1-9(2)19-8-15(7-13(19)17-3)14(20)18-11-5-4-10(16)6-12(11)21-15/h4-6,9,13H,7-8H2,1-2H3,(H,18,20)/t13-,15+/m0/s1. The minimum absolute atomic E-state index is 0.133. The number of nitrogens with one attached hydrogen (secondary N) is 1. The van der Waals surface area contributed by atoms with Gasteiger partial charge in [-0.3, -0.25) is 9.64 Å². The van der Waals surface area contributed by atoms with Gasteiger partial charge in [-0.25, -0.2) is 15.9 Å². The van der Waals surface area contributed by atoms with E-state index in [2.05, 4.69) is 10.2 Å². The van der Waals surface area contributed by atoms with E-state index in [1.807, 2.05) is 18.7 Å². The number of anilines is 1. The number of rotatable bonds is 1. The lowest BCUT2D eigenvalue weighted by molar-refractivity contribution is -0.131. The first kappa shape index (κ1) is 13.8. The van der Waals surface area contributed by atoms with Crippen molar-refractivity contribution >= 4 is 11.6 Å². The monoisotopic (exact) mass is 289 g/mol. The molecule has 0 radical (unpaired) electrons. The maximum atomic E-state index is 13.4. The van der Waals surface area contributed by atoms with E-state index in [1.165, 1.54) is 18.2 Å². The predicted octanol–water partition coefficient (Wildman–Crippen LogP) is 2.25. The van der Waals surface area contributed by atoms with Crippen molar-refractivity contribution in [1.29, 1.82) is 0 Å². The quantitative estimate of drug-likeness (QED) is 0.807. The van der Waals surface area contributed by atoms with Gasteiger partial charge in [0.2, 0.25) is 5.60 Å². The summed E-state index contributed by atoms with van der Waals surface area (Å²) in [4.78, 5) is 18.0. The fourth-order valence-corrected chi connectivity index (χ4v) is 2.94. The second-order valence-electron chi connectivity index (χ2n) is 5.77. The molecule has 110 valence electrons. The van der Waals surface area contributed by atoms with Gasteiger partial charge in [0.25, 0.3) is 12.1 Å². The van der Waals surface area contributed by atoms with Gasteiger partial charge in [0.1, 0.15) is 11.6 Å². The highest BCUT2D eigenvalue weighted by molar-refractivity contribution is 6.01. The molecular weight excluding hydrogens is 273 g/mol. The second kappa shape index (κ2) is 4.71. The summed E-state index contributed by atoms with van der Waals surface area (Å²) in [5, 5.41) is 2.76. The molecule has 0 bridgehead atoms. The Morgan fingerprint density at radius 1 is 1.57 bits per heavy atom. The minimum Gasteiger partial charge on any atom is -0.473 e. The van der Waals surface area contributed by atoms with E-state index < -0.39 is 17.6 Å². The number of nitrogens with zero attached hydrogens (tertiary/aromatic N) is 2. The summed E-state index contributed by atoms with van der Waals surface area (Å²) < 4.78 is 19.2. The van der Waals surface area contributed by atoms with Gasteiger partial charge >= 0.3 is 0 Å². The van der Waals surface area contributed by atoms with Crippen LogP contribution < -0.4 is 10.1 Å². The van der Waals surface area contributed by atoms with Gasteiger partial charge in [0.05, 0.1) is 18.7 Å². The molecule has 1 spiro atoms. The van der Waals surface area contributed by atoms with E-state index in [-0.39, 0.29) is 18.4 Å². The number of carbonyl (C=O) groups is 1. The smallest absolute Gasteiger partial charge is 0.284 e. The van der Waals surface area contributed by atoms with E-state index in [9.17, 15) is 9.18 Å². The van der Waals surface area contributed by atoms with E-state index in [1.54, 1.807) is 0 Å². The molecule has 2 atom stereocenters. The van der Waals surface area contributed by atoms with E-state index >= 15 is 0 Å². The molecule has 21 heavy (non-hydrogen) atoms. The molecule has 2 aliphatic heterocycles. The number of hydrogen-bond donors (Lipinski definition) is 1. The van der Waals surface area contributed by atoms with Crippen molar-refractivity contribution in [2.75, 3.05) is 11.9 Å². The zero-order chi connectivity index (χ0) is 15.2. The highest BCUT2D eigenvalue weighted by Gasteiger charge is 2.57. The number of amides is 1. The van der Waals surface area contributed by atoms with Gasteiger partial charge in [0.15, 0.2) is 0 Å². The molecule has 2 heterocycles. The van der Waals surface area contributed by atoms with Crippen molar-refractivity contribution < 1.29 is 13.9 Å². The molecule has 5 nitrogen and oxygen atoms in total. The summed E-state index contributed by atoms with van der Waals surface area (Å²) in [6.07, 6.45) is -0.109. The van der Waals surface area contributed by atoms with Crippen LogP contribution in [0.2, 0.25) is 0 Å². The summed E-state index contributed by atoms with van der Waals surface area (Å²) in [6.45, 7) is 11.6. The Balaban J connectivity index is 1.96. The Morgan fingerprint density at radius 3 is 2.95 bits per heavy atom. The number of likely N-dealkylation sites (tertiary alicyclic amines) is 1. The first-order valence-electron chi connectivity index (χ1n) is 6.87. The van der Waals surface area contributed by atoms with Gasteiger partial charge in [-0.1, -0.05) is 0 Å². The van der Waals surface area contributed by atoms with Crippen LogP contribution in [-0.4, -0.2) is 35.2 Å². The Hall–Kier alpha value is -2.13. The Morgan fingerprint density at radius 2 is 2.33 bits per heavy atom. The predicted molar refractivity (Wildman–Crippen MR) is 75.2 cm³/mol. The topological polar surface area (TPSA) is 45.9 Å². The van der Waals surface area contributed by atoms with Crippen LogP contribution in [0.3, 0.4) is 0 Å². The van der Waals surface area contributed by atoms with Gasteiger partial charge in [-0.2, -0.15) is 0 Å². The van der Waals surface area contributed by atoms with Crippen molar-refractivity contribution in [3.05, 3.63) is 35.4 Å². The fraction of sp³-hybridized carbons (Fsp3) is 0.467. The van der Waals surface area contributed by atoms with Crippen LogP contribution in [0.1, 0.15) is 20.3 Å². The van der Waals surface area contributed by atoms with Gasteiger partial charge in [0, 0.05) is 12.1 Å². The van der Waals surface area contributed by atoms with Crippen molar-refractivity contribution in [3.8, 4) is 5.75 Å². The molecule has 1 N–H and O–H groups in total. The number of benzene rings is 1. The van der Waals surface area contributed by atoms with Crippen molar-refractivity contribution in [3.63, 3.8) is 0 Å². The van der Waals surface area contributed by atoms with Crippen LogP contribution >= 0.6 is 0 Å².